The van der Waals surface area contributed by atoms with Crippen LogP contribution in [-0.4, -0.2) is 41.2 Å². The van der Waals surface area contributed by atoms with Gasteiger partial charge in [-0.1, -0.05) is 24.3 Å². The monoisotopic (exact) mass is 388 g/mol. The molecule has 6 nitrogen and oxygen atoms in total. The topological polar surface area (TPSA) is 81.3 Å². The lowest BCUT2D eigenvalue weighted by Crippen LogP contribution is -2.38. The molecule has 1 aromatic heterocycles. The molecule has 1 aliphatic rings. The Bertz CT molecular complexity index is 961. The second-order valence-electron chi connectivity index (χ2n) is 7.26. The number of aromatic nitrogens is 2. The third-order valence-corrected chi connectivity index (χ3v) is 5.46. The van der Waals surface area contributed by atoms with Gasteiger partial charge in [0.2, 0.25) is 0 Å². The Morgan fingerprint density at radius 1 is 0.931 bits per heavy atom. The van der Waals surface area contributed by atoms with Crippen molar-refractivity contribution in [1.29, 1.82) is 0 Å². The summed E-state index contributed by atoms with van der Waals surface area (Å²) in [5.41, 5.74) is 9.45. The molecule has 1 fully saturated rings. The largest absolute Gasteiger partial charge is 0.497 e. The van der Waals surface area contributed by atoms with E-state index in [4.69, 9.17) is 10.5 Å². The van der Waals surface area contributed by atoms with Crippen LogP contribution in [0.15, 0.2) is 60.7 Å². The number of hydrogen-bond acceptors (Lipinski definition) is 5. The number of amides is 1. The van der Waals surface area contributed by atoms with Gasteiger partial charge in [0.1, 0.15) is 11.6 Å². The number of ether oxygens (including phenoxy) is 1. The smallest absolute Gasteiger partial charge is 0.253 e. The first-order valence-corrected chi connectivity index (χ1v) is 9.77. The molecule has 0 radical (unpaired) electrons. The number of carbonyl (C=O) groups is 1. The molecule has 0 aliphatic carbocycles. The molecule has 1 amide bonds. The number of benzene rings is 2. The number of nitrogens with two attached hydrogens (primary N) is 1. The van der Waals surface area contributed by atoms with Gasteiger partial charge in [-0.15, -0.1) is 5.10 Å². The van der Waals surface area contributed by atoms with Gasteiger partial charge in [-0.25, -0.2) is 0 Å². The van der Waals surface area contributed by atoms with Crippen molar-refractivity contribution in [1.82, 2.24) is 15.1 Å². The van der Waals surface area contributed by atoms with Crippen molar-refractivity contribution in [2.24, 2.45) is 0 Å². The van der Waals surface area contributed by atoms with Gasteiger partial charge < -0.3 is 15.4 Å². The van der Waals surface area contributed by atoms with Gasteiger partial charge in [-0.05, 0) is 60.4 Å². The summed E-state index contributed by atoms with van der Waals surface area (Å²) < 4.78 is 5.20. The summed E-state index contributed by atoms with van der Waals surface area (Å²) in [7, 11) is 1.65. The quantitative estimate of drug-likeness (QED) is 0.736. The molecule has 148 valence electrons. The van der Waals surface area contributed by atoms with E-state index >= 15 is 0 Å². The molecule has 4 rings (SSSR count). The molecule has 0 saturated carbocycles. The lowest BCUT2D eigenvalue weighted by molar-refractivity contribution is 0.0712. The van der Waals surface area contributed by atoms with Gasteiger partial charge >= 0.3 is 0 Å². The van der Waals surface area contributed by atoms with Crippen molar-refractivity contribution in [2.45, 2.75) is 18.8 Å². The number of nitrogens with zero attached hydrogens (tertiary/aromatic N) is 3. The van der Waals surface area contributed by atoms with Crippen molar-refractivity contribution in [3.63, 3.8) is 0 Å². The van der Waals surface area contributed by atoms with E-state index in [2.05, 4.69) is 10.2 Å². The van der Waals surface area contributed by atoms with E-state index in [-0.39, 0.29) is 5.91 Å². The number of carbonyl (C=O) groups excluding carboxylic acids is 1. The van der Waals surface area contributed by atoms with Crippen molar-refractivity contribution < 1.29 is 9.53 Å². The lowest BCUT2D eigenvalue weighted by atomic mass is 9.93. The molecular weight excluding hydrogens is 364 g/mol. The maximum absolute atomic E-state index is 12.9. The van der Waals surface area contributed by atoms with Gasteiger partial charge in [-0.3, -0.25) is 4.79 Å². The van der Waals surface area contributed by atoms with Gasteiger partial charge in [0.05, 0.1) is 12.8 Å². The summed E-state index contributed by atoms with van der Waals surface area (Å²) >= 11 is 0. The molecule has 29 heavy (non-hydrogen) atoms. The number of nitrogen functional groups attached to an aromatic ring is 1. The highest BCUT2D eigenvalue weighted by Crippen LogP contribution is 2.28. The molecule has 3 aromatic rings. The Morgan fingerprint density at radius 3 is 2.10 bits per heavy atom. The van der Waals surface area contributed by atoms with Crippen molar-refractivity contribution in [3.05, 3.63) is 71.9 Å². The second kappa shape index (κ2) is 8.31. The maximum Gasteiger partial charge on any atom is 0.253 e. The van der Waals surface area contributed by atoms with E-state index in [1.54, 1.807) is 13.2 Å². The Balaban J connectivity index is 1.39. The summed E-state index contributed by atoms with van der Waals surface area (Å²) in [5, 5.41) is 8.13. The predicted octanol–water partition coefficient (Wildman–Crippen LogP) is 3.75. The van der Waals surface area contributed by atoms with E-state index in [1.807, 2.05) is 59.5 Å². The number of rotatable bonds is 4. The molecule has 6 heteroatoms. The van der Waals surface area contributed by atoms with E-state index in [9.17, 15) is 4.79 Å². The molecule has 2 aromatic carbocycles. The summed E-state index contributed by atoms with van der Waals surface area (Å²) in [6.45, 7) is 1.44. The van der Waals surface area contributed by atoms with Crippen molar-refractivity contribution in [2.75, 3.05) is 25.9 Å². The zero-order chi connectivity index (χ0) is 20.2. The minimum atomic E-state index is 0.0770. The molecule has 2 N–H and O–H groups in total. The maximum atomic E-state index is 12.9. The Morgan fingerprint density at radius 2 is 1.55 bits per heavy atom. The first-order chi connectivity index (χ1) is 14.1. The zero-order valence-corrected chi connectivity index (χ0v) is 16.4. The van der Waals surface area contributed by atoms with E-state index < -0.39 is 0 Å². The molecule has 0 unspecified atom stereocenters. The minimum absolute atomic E-state index is 0.0770. The molecule has 1 aliphatic heterocycles. The molecule has 1 saturated heterocycles. The van der Waals surface area contributed by atoms with Gasteiger partial charge in [0, 0.05) is 24.6 Å². The van der Waals surface area contributed by atoms with Crippen molar-refractivity contribution >= 4 is 11.7 Å². The summed E-state index contributed by atoms with van der Waals surface area (Å²) in [5.74, 6) is 1.66. The lowest BCUT2D eigenvalue weighted by Gasteiger charge is -2.31. The van der Waals surface area contributed by atoms with Crippen LogP contribution in [0.25, 0.3) is 11.1 Å². The van der Waals surface area contributed by atoms with Crippen LogP contribution in [0.4, 0.5) is 5.82 Å². The minimum Gasteiger partial charge on any atom is -0.497 e. The normalized spacial score (nSPS) is 14.6. The third-order valence-electron chi connectivity index (χ3n) is 5.46. The standard InChI is InChI=1S/C23H24N4O2/c1-29-20-8-6-17(7-9-20)16-2-4-19(5-3-16)23(28)27-14-12-18(13-15-27)21-10-11-22(24)26-25-21/h2-11,18H,12-15H2,1H3,(H2,24,26). The molecule has 0 bridgehead atoms. The fourth-order valence-electron chi connectivity index (χ4n) is 3.72. The van der Waals surface area contributed by atoms with Crippen LogP contribution in [0.3, 0.4) is 0 Å². The van der Waals surface area contributed by atoms with E-state index in [0.717, 1.165) is 48.5 Å². The predicted molar refractivity (Wildman–Crippen MR) is 113 cm³/mol. The Hall–Kier alpha value is -3.41. The number of methoxy groups -OCH3 is 1. The zero-order valence-electron chi connectivity index (χ0n) is 16.4. The number of hydrogen-bond donors (Lipinski definition) is 1. The Kier molecular flexibility index (Phi) is 5.42. The highest BCUT2D eigenvalue weighted by Gasteiger charge is 2.25. The van der Waals surface area contributed by atoms with Gasteiger partial charge in [0.15, 0.2) is 0 Å². The van der Waals surface area contributed by atoms with E-state index in [1.165, 1.54) is 0 Å². The summed E-state index contributed by atoms with van der Waals surface area (Å²) in [6, 6.07) is 19.4. The van der Waals surface area contributed by atoms with Crippen LogP contribution in [0, 0.1) is 0 Å². The first kappa shape index (κ1) is 18.9. The number of anilines is 1. The molecule has 0 atom stereocenters. The number of piperidine rings is 1. The number of likely N-dealkylation sites (tertiary alicyclic amines) is 1. The average Bonchev–Trinajstić information content (AvgIpc) is 2.79. The Labute approximate surface area is 170 Å². The van der Waals surface area contributed by atoms with Crippen LogP contribution in [0.1, 0.15) is 34.8 Å². The summed E-state index contributed by atoms with van der Waals surface area (Å²) in [6.07, 6.45) is 1.77. The van der Waals surface area contributed by atoms with Crippen LogP contribution >= 0.6 is 0 Å². The third kappa shape index (κ3) is 4.21. The first-order valence-electron chi connectivity index (χ1n) is 9.77. The van der Waals surface area contributed by atoms with Crippen molar-refractivity contribution in [3.8, 4) is 16.9 Å². The molecule has 2 heterocycles. The van der Waals surface area contributed by atoms with Gasteiger partial charge in [-0.2, -0.15) is 5.10 Å². The fourth-order valence-corrected chi connectivity index (χ4v) is 3.72. The van der Waals surface area contributed by atoms with Crippen LogP contribution in [0.5, 0.6) is 5.75 Å². The van der Waals surface area contributed by atoms with Crippen LogP contribution < -0.4 is 10.5 Å². The molecule has 0 spiro atoms. The van der Waals surface area contributed by atoms with Gasteiger partial charge in [0.25, 0.3) is 5.91 Å². The van der Waals surface area contributed by atoms with Crippen LogP contribution in [0.2, 0.25) is 0 Å². The molecular formula is C23H24N4O2. The highest BCUT2D eigenvalue weighted by atomic mass is 16.5. The second-order valence-corrected chi connectivity index (χ2v) is 7.26. The highest BCUT2D eigenvalue weighted by molar-refractivity contribution is 5.94. The SMILES string of the molecule is COc1ccc(-c2ccc(C(=O)N3CCC(c4ccc(N)nn4)CC3)cc2)cc1. The van der Waals surface area contributed by atoms with E-state index in [0.29, 0.717) is 17.3 Å². The van der Waals surface area contributed by atoms with Crippen LogP contribution in [-0.2, 0) is 0 Å². The average molecular weight is 388 g/mol. The fraction of sp³-hybridized carbons (Fsp3) is 0.261. The summed E-state index contributed by atoms with van der Waals surface area (Å²) in [4.78, 5) is 14.8.